The molecule has 0 aliphatic rings. The van der Waals surface area contributed by atoms with Gasteiger partial charge in [0, 0.05) is 22.6 Å². The van der Waals surface area contributed by atoms with E-state index in [9.17, 15) is 19.7 Å². The summed E-state index contributed by atoms with van der Waals surface area (Å²) in [6, 6.07) is 21.6. The van der Waals surface area contributed by atoms with E-state index in [-0.39, 0.29) is 22.2 Å². The van der Waals surface area contributed by atoms with Crippen molar-refractivity contribution in [3.05, 3.63) is 99.6 Å². The van der Waals surface area contributed by atoms with Crippen molar-refractivity contribution in [1.82, 2.24) is 0 Å². The molecule has 0 saturated carbocycles. The number of nitrogens with zero attached hydrogens (tertiary/aromatic N) is 1. The van der Waals surface area contributed by atoms with Crippen molar-refractivity contribution in [3.63, 3.8) is 0 Å². The Bertz CT molecular complexity index is 1080. The third-order valence-corrected chi connectivity index (χ3v) is 5.41. The molecular formula is C22H17ClN2O5S. The number of rotatable bonds is 8. The SMILES string of the molecule is O=C(CSc1ccccc1)OC(C(=O)Nc1ccc([N+](=O)[O-])cc1Cl)c1ccccc1. The predicted octanol–water partition coefficient (Wildman–Crippen LogP) is 5.26. The zero-order valence-corrected chi connectivity index (χ0v) is 17.6. The second-order valence-corrected chi connectivity index (χ2v) is 7.75. The van der Waals surface area contributed by atoms with E-state index in [0.29, 0.717) is 5.56 Å². The number of esters is 1. The Hall–Kier alpha value is -3.36. The lowest BCUT2D eigenvalue weighted by atomic mass is 10.1. The van der Waals surface area contributed by atoms with Crippen LogP contribution < -0.4 is 5.32 Å². The van der Waals surface area contributed by atoms with Gasteiger partial charge in [-0.3, -0.25) is 19.7 Å². The maximum atomic E-state index is 12.9. The average Bonchev–Trinajstić information content (AvgIpc) is 2.78. The van der Waals surface area contributed by atoms with E-state index in [4.69, 9.17) is 16.3 Å². The number of non-ortho nitro benzene ring substituents is 1. The molecule has 3 aromatic carbocycles. The first-order valence-corrected chi connectivity index (χ1v) is 10.5. The number of ether oxygens (including phenoxy) is 1. The molecule has 158 valence electrons. The minimum Gasteiger partial charge on any atom is -0.447 e. The molecule has 0 fully saturated rings. The molecule has 3 rings (SSSR count). The molecule has 0 heterocycles. The predicted molar refractivity (Wildman–Crippen MR) is 119 cm³/mol. The lowest BCUT2D eigenvalue weighted by molar-refractivity contribution is -0.384. The number of hydrogen-bond acceptors (Lipinski definition) is 6. The maximum absolute atomic E-state index is 12.9. The highest BCUT2D eigenvalue weighted by Crippen LogP contribution is 2.29. The van der Waals surface area contributed by atoms with Gasteiger partial charge in [-0.15, -0.1) is 11.8 Å². The van der Waals surface area contributed by atoms with Crippen LogP contribution >= 0.6 is 23.4 Å². The second kappa shape index (κ2) is 10.6. The van der Waals surface area contributed by atoms with Gasteiger partial charge >= 0.3 is 5.97 Å². The maximum Gasteiger partial charge on any atom is 0.317 e. The molecule has 0 spiro atoms. The molecule has 0 aromatic heterocycles. The van der Waals surface area contributed by atoms with Crippen molar-refractivity contribution >= 4 is 46.6 Å². The highest BCUT2D eigenvalue weighted by molar-refractivity contribution is 8.00. The summed E-state index contributed by atoms with van der Waals surface area (Å²) in [6.45, 7) is 0. The minimum absolute atomic E-state index is 0.000298. The summed E-state index contributed by atoms with van der Waals surface area (Å²) in [4.78, 5) is 36.5. The highest BCUT2D eigenvalue weighted by atomic mass is 35.5. The number of carbonyl (C=O) groups excluding carboxylic acids is 2. The first-order chi connectivity index (χ1) is 14.9. The van der Waals surface area contributed by atoms with Crippen LogP contribution in [0.2, 0.25) is 5.02 Å². The van der Waals surface area contributed by atoms with E-state index in [1.54, 1.807) is 30.3 Å². The number of hydrogen-bond donors (Lipinski definition) is 1. The van der Waals surface area contributed by atoms with Gasteiger partial charge in [0.25, 0.3) is 11.6 Å². The van der Waals surface area contributed by atoms with Crippen molar-refractivity contribution in [2.24, 2.45) is 0 Å². The van der Waals surface area contributed by atoms with Crippen LogP contribution in [0.1, 0.15) is 11.7 Å². The molecule has 1 amide bonds. The van der Waals surface area contributed by atoms with Crippen molar-refractivity contribution in [2.75, 3.05) is 11.1 Å². The number of nitro benzene ring substituents is 1. The standard InChI is InChI=1S/C22H17ClN2O5S/c23-18-13-16(25(28)29)11-12-19(18)24-22(27)21(15-7-3-1-4-8-15)30-20(26)14-31-17-9-5-2-6-10-17/h1-13,21H,14H2,(H,24,27). The molecule has 9 heteroatoms. The third-order valence-electron chi connectivity index (χ3n) is 4.11. The fraction of sp³-hybridized carbons (Fsp3) is 0.0909. The molecule has 0 aliphatic heterocycles. The summed E-state index contributed by atoms with van der Waals surface area (Å²) in [5.41, 5.74) is 0.455. The number of carbonyl (C=O) groups is 2. The van der Waals surface area contributed by atoms with Gasteiger partial charge in [-0.25, -0.2) is 0 Å². The van der Waals surface area contributed by atoms with E-state index in [2.05, 4.69) is 5.32 Å². The minimum atomic E-state index is -1.21. The Kier molecular flexibility index (Phi) is 7.64. The average molecular weight is 457 g/mol. The van der Waals surface area contributed by atoms with Gasteiger partial charge in [-0.2, -0.15) is 0 Å². The summed E-state index contributed by atoms with van der Waals surface area (Å²) in [6.07, 6.45) is -1.21. The van der Waals surface area contributed by atoms with Crippen LogP contribution in [0.15, 0.2) is 83.8 Å². The van der Waals surface area contributed by atoms with Crippen LogP contribution in [0, 0.1) is 10.1 Å². The Balaban J connectivity index is 1.73. The summed E-state index contributed by atoms with van der Waals surface area (Å²) in [5, 5.41) is 13.4. The van der Waals surface area contributed by atoms with Crippen molar-refractivity contribution in [1.29, 1.82) is 0 Å². The Morgan fingerprint density at radius 3 is 2.29 bits per heavy atom. The van der Waals surface area contributed by atoms with Crippen molar-refractivity contribution < 1.29 is 19.2 Å². The van der Waals surface area contributed by atoms with Crippen LogP contribution in [-0.2, 0) is 14.3 Å². The Morgan fingerprint density at radius 1 is 1.03 bits per heavy atom. The van der Waals surface area contributed by atoms with E-state index in [0.717, 1.165) is 11.0 Å². The smallest absolute Gasteiger partial charge is 0.317 e. The van der Waals surface area contributed by atoms with E-state index in [1.165, 1.54) is 23.9 Å². The lowest BCUT2D eigenvalue weighted by Crippen LogP contribution is -2.26. The lowest BCUT2D eigenvalue weighted by Gasteiger charge is -2.18. The van der Waals surface area contributed by atoms with Gasteiger partial charge in [-0.05, 0) is 18.2 Å². The van der Waals surface area contributed by atoms with Gasteiger partial charge in [0.2, 0.25) is 6.10 Å². The van der Waals surface area contributed by atoms with Crippen LogP contribution in [0.25, 0.3) is 0 Å². The molecule has 0 saturated heterocycles. The first-order valence-electron chi connectivity index (χ1n) is 9.11. The molecule has 1 unspecified atom stereocenters. The van der Waals surface area contributed by atoms with Crippen LogP contribution in [0.5, 0.6) is 0 Å². The molecule has 7 nitrogen and oxygen atoms in total. The van der Waals surface area contributed by atoms with Crippen LogP contribution in [-0.4, -0.2) is 22.6 Å². The fourth-order valence-electron chi connectivity index (χ4n) is 2.64. The molecule has 0 aliphatic carbocycles. The molecule has 0 bridgehead atoms. The van der Waals surface area contributed by atoms with Gasteiger partial charge in [0.15, 0.2) is 0 Å². The number of benzene rings is 3. The third kappa shape index (κ3) is 6.31. The van der Waals surface area contributed by atoms with Gasteiger partial charge in [-0.1, -0.05) is 60.1 Å². The van der Waals surface area contributed by atoms with Crippen molar-refractivity contribution in [2.45, 2.75) is 11.0 Å². The molecule has 31 heavy (non-hydrogen) atoms. The largest absolute Gasteiger partial charge is 0.447 e. The summed E-state index contributed by atoms with van der Waals surface area (Å²) >= 11 is 7.36. The van der Waals surface area contributed by atoms with E-state index in [1.807, 2.05) is 30.3 Å². The summed E-state index contributed by atoms with van der Waals surface area (Å²) in [5.74, 6) is -1.16. The second-order valence-electron chi connectivity index (χ2n) is 6.29. The monoisotopic (exact) mass is 456 g/mol. The van der Waals surface area contributed by atoms with Gasteiger partial charge < -0.3 is 10.1 Å². The summed E-state index contributed by atoms with van der Waals surface area (Å²) < 4.78 is 5.47. The van der Waals surface area contributed by atoms with Gasteiger partial charge in [0.05, 0.1) is 21.4 Å². The number of amides is 1. The topological polar surface area (TPSA) is 98.5 Å². The van der Waals surface area contributed by atoms with E-state index < -0.39 is 22.9 Å². The zero-order chi connectivity index (χ0) is 22.2. The highest BCUT2D eigenvalue weighted by Gasteiger charge is 2.26. The Labute approximate surface area is 187 Å². The number of nitro groups is 1. The van der Waals surface area contributed by atoms with Crippen molar-refractivity contribution in [3.8, 4) is 0 Å². The molecular weight excluding hydrogens is 440 g/mol. The number of anilines is 1. The van der Waals surface area contributed by atoms with E-state index >= 15 is 0 Å². The first kappa shape index (κ1) is 22.3. The zero-order valence-electron chi connectivity index (χ0n) is 16.1. The summed E-state index contributed by atoms with van der Waals surface area (Å²) in [7, 11) is 0. The fourth-order valence-corrected chi connectivity index (χ4v) is 3.57. The normalized spacial score (nSPS) is 11.4. The molecule has 1 N–H and O–H groups in total. The quantitative estimate of drug-likeness (QED) is 0.215. The number of halogens is 1. The molecule has 1 atom stereocenters. The van der Waals surface area contributed by atoms with Crippen LogP contribution in [0.3, 0.4) is 0 Å². The van der Waals surface area contributed by atoms with Gasteiger partial charge in [0.1, 0.15) is 0 Å². The molecule has 3 aromatic rings. The Morgan fingerprint density at radius 2 is 1.68 bits per heavy atom. The molecule has 0 radical (unpaired) electrons. The van der Waals surface area contributed by atoms with Crippen LogP contribution in [0.4, 0.5) is 11.4 Å². The number of nitrogens with one attached hydrogen (secondary N) is 1. The number of thioether (sulfide) groups is 1.